The summed E-state index contributed by atoms with van der Waals surface area (Å²) in [6, 6.07) is 5.32. The fraction of sp³-hybridized carbons (Fsp3) is 0.500. The van der Waals surface area contributed by atoms with Crippen molar-refractivity contribution in [2.24, 2.45) is 0 Å². The Hall–Kier alpha value is -1.36. The Morgan fingerprint density at radius 2 is 2.00 bits per heavy atom. The lowest BCUT2D eigenvalue weighted by Gasteiger charge is -2.29. The first-order valence-corrected chi connectivity index (χ1v) is 5.79. The van der Waals surface area contributed by atoms with Crippen molar-refractivity contribution in [2.45, 2.75) is 12.5 Å². The molecule has 0 aliphatic carbocycles. The molecule has 0 radical (unpaired) electrons. The van der Waals surface area contributed by atoms with Gasteiger partial charge in [0, 0.05) is 37.4 Å². The highest BCUT2D eigenvalue weighted by Crippen LogP contribution is 2.38. The van der Waals surface area contributed by atoms with Crippen LogP contribution in [-0.2, 0) is 6.42 Å². The molecular formula is C12H14F2N2O. The molecule has 1 fully saturated rings. The van der Waals surface area contributed by atoms with Crippen molar-refractivity contribution in [3.8, 4) is 5.75 Å². The van der Waals surface area contributed by atoms with Gasteiger partial charge in [-0.15, -0.1) is 0 Å². The van der Waals surface area contributed by atoms with Gasteiger partial charge in [0.2, 0.25) is 0 Å². The maximum atomic E-state index is 13.1. The van der Waals surface area contributed by atoms with Crippen molar-refractivity contribution in [3.05, 3.63) is 23.8 Å². The highest BCUT2D eigenvalue weighted by Gasteiger charge is 2.39. The zero-order chi connectivity index (χ0) is 11.9. The van der Waals surface area contributed by atoms with Crippen LogP contribution in [0.1, 0.15) is 5.56 Å². The fourth-order valence-corrected chi connectivity index (χ4v) is 2.34. The second kappa shape index (κ2) is 3.84. The smallest absolute Gasteiger partial charge is 0.402 e. The van der Waals surface area contributed by atoms with Gasteiger partial charge in [0.1, 0.15) is 5.75 Å². The van der Waals surface area contributed by atoms with Gasteiger partial charge in [-0.2, -0.15) is 8.78 Å². The molecule has 1 aromatic carbocycles. The third-order valence-corrected chi connectivity index (χ3v) is 3.18. The van der Waals surface area contributed by atoms with E-state index >= 15 is 0 Å². The summed E-state index contributed by atoms with van der Waals surface area (Å²) in [6.07, 6.45) is -3.35. The van der Waals surface area contributed by atoms with Gasteiger partial charge in [-0.3, -0.25) is 0 Å². The topological polar surface area (TPSA) is 24.5 Å². The molecule has 0 unspecified atom stereocenters. The SMILES string of the molecule is FC1(F)Cc2cc(N3CCNCC3)ccc2O1. The Kier molecular flexibility index (Phi) is 2.43. The average molecular weight is 240 g/mol. The molecule has 92 valence electrons. The van der Waals surface area contributed by atoms with Crippen molar-refractivity contribution < 1.29 is 13.5 Å². The number of ether oxygens (including phenoxy) is 1. The molecule has 5 heteroatoms. The van der Waals surface area contributed by atoms with Gasteiger partial charge in [-0.25, -0.2) is 0 Å². The van der Waals surface area contributed by atoms with Gasteiger partial charge in [0.15, 0.2) is 0 Å². The first-order chi connectivity index (χ1) is 8.14. The molecule has 0 spiro atoms. The molecule has 2 aliphatic heterocycles. The van der Waals surface area contributed by atoms with E-state index in [1.54, 1.807) is 6.07 Å². The van der Waals surface area contributed by atoms with E-state index in [9.17, 15) is 8.78 Å². The number of rotatable bonds is 1. The zero-order valence-corrected chi connectivity index (χ0v) is 9.38. The van der Waals surface area contributed by atoms with Gasteiger partial charge in [-0.1, -0.05) is 0 Å². The molecule has 1 N–H and O–H groups in total. The van der Waals surface area contributed by atoms with E-state index in [1.165, 1.54) is 0 Å². The molecule has 0 saturated carbocycles. The van der Waals surface area contributed by atoms with Crippen molar-refractivity contribution >= 4 is 5.69 Å². The predicted octanol–water partition coefficient (Wildman–Crippen LogP) is 1.62. The lowest BCUT2D eigenvalue weighted by Crippen LogP contribution is -2.43. The molecule has 0 aromatic heterocycles. The number of piperazine rings is 1. The maximum absolute atomic E-state index is 13.1. The van der Waals surface area contributed by atoms with Crippen molar-refractivity contribution in [3.63, 3.8) is 0 Å². The Balaban J connectivity index is 1.85. The Morgan fingerprint density at radius 3 is 2.76 bits per heavy atom. The van der Waals surface area contributed by atoms with Crippen LogP contribution >= 0.6 is 0 Å². The van der Waals surface area contributed by atoms with Crippen LogP contribution in [-0.4, -0.2) is 32.3 Å². The van der Waals surface area contributed by atoms with Crippen molar-refractivity contribution in [2.75, 3.05) is 31.1 Å². The Morgan fingerprint density at radius 1 is 1.24 bits per heavy atom. The average Bonchev–Trinajstić information content (AvgIpc) is 2.63. The summed E-state index contributed by atoms with van der Waals surface area (Å²) in [5.41, 5.74) is 1.61. The van der Waals surface area contributed by atoms with Crippen LogP contribution < -0.4 is 15.0 Å². The molecule has 1 aromatic rings. The number of nitrogens with one attached hydrogen (secondary N) is 1. The number of fused-ring (bicyclic) bond motifs is 1. The lowest BCUT2D eigenvalue weighted by atomic mass is 10.1. The number of hydrogen-bond acceptors (Lipinski definition) is 3. The van der Waals surface area contributed by atoms with Crippen LogP contribution in [0.15, 0.2) is 18.2 Å². The first-order valence-electron chi connectivity index (χ1n) is 5.79. The summed E-state index contributed by atoms with van der Waals surface area (Å²) in [6.45, 7) is 3.69. The second-order valence-corrected chi connectivity index (χ2v) is 4.45. The molecule has 0 atom stereocenters. The van der Waals surface area contributed by atoms with E-state index in [0.29, 0.717) is 11.3 Å². The van der Waals surface area contributed by atoms with Crippen LogP contribution in [0.3, 0.4) is 0 Å². The summed E-state index contributed by atoms with van der Waals surface area (Å²) in [5, 5.41) is 3.26. The molecule has 3 rings (SSSR count). The van der Waals surface area contributed by atoms with E-state index in [4.69, 9.17) is 0 Å². The van der Waals surface area contributed by atoms with Gasteiger partial charge < -0.3 is 15.0 Å². The van der Waals surface area contributed by atoms with Crippen LogP contribution in [0.2, 0.25) is 0 Å². The van der Waals surface area contributed by atoms with Gasteiger partial charge >= 0.3 is 6.11 Å². The summed E-state index contributed by atoms with van der Waals surface area (Å²) < 4.78 is 30.7. The quantitative estimate of drug-likeness (QED) is 0.807. The molecular weight excluding hydrogens is 226 g/mol. The predicted molar refractivity (Wildman–Crippen MR) is 60.8 cm³/mol. The van der Waals surface area contributed by atoms with E-state index in [1.807, 2.05) is 12.1 Å². The van der Waals surface area contributed by atoms with Crippen LogP contribution in [0.25, 0.3) is 0 Å². The standard InChI is InChI=1S/C12H14F2N2O/c13-12(14)8-9-7-10(1-2-11(9)17-12)16-5-3-15-4-6-16/h1-2,7,15H,3-6,8H2. The number of nitrogens with zero attached hydrogens (tertiary/aromatic N) is 1. The fourth-order valence-electron chi connectivity index (χ4n) is 2.34. The van der Waals surface area contributed by atoms with E-state index in [-0.39, 0.29) is 6.42 Å². The first kappa shape index (κ1) is 10.8. The van der Waals surface area contributed by atoms with Gasteiger partial charge in [0.05, 0.1) is 6.42 Å². The molecule has 0 amide bonds. The highest BCUT2D eigenvalue weighted by atomic mass is 19.3. The third-order valence-electron chi connectivity index (χ3n) is 3.18. The molecule has 1 saturated heterocycles. The minimum Gasteiger partial charge on any atom is -0.432 e. The third kappa shape index (κ3) is 2.07. The number of alkyl halides is 2. The van der Waals surface area contributed by atoms with Crippen molar-refractivity contribution in [1.82, 2.24) is 5.32 Å². The molecule has 2 aliphatic rings. The van der Waals surface area contributed by atoms with Crippen LogP contribution in [0.5, 0.6) is 5.75 Å². The summed E-state index contributed by atoms with van der Waals surface area (Å²) in [5.74, 6) is 0.314. The van der Waals surface area contributed by atoms with E-state index in [0.717, 1.165) is 31.9 Å². The number of anilines is 1. The van der Waals surface area contributed by atoms with Gasteiger partial charge in [0.25, 0.3) is 0 Å². The molecule has 0 bridgehead atoms. The molecule has 3 nitrogen and oxygen atoms in total. The van der Waals surface area contributed by atoms with E-state index < -0.39 is 6.11 Å². The number of benzene rings is 1. The van der Waals surface area contributed by atoms with E-state index in [2.05, 4.69) is 15.0 Å². The Bertz CT molecular complexity index is 431. The monoisotopic (exact) mass is 240 g/mol. The maximum Gasteiger partial charge on any atom is 0.402 e. The normalized spacial score (nSPS) is 22.1. The molecule has 17 heavy (non-hydrogen) atoms. The largest absolute Gasteiger partial charge is 0.432 e. The Labute approximate surface area is 98.4 Å². The van der Waals surface area contributed by atoms with Crippen LogP contribution in [0.4, 0.5) is 14.5 Å². The minimum absolute atomic E-state index is 0.314. The second-order valence-electron chi connectivity index (χ2n) is 4.45. The lowest BCUT2D eigenvalue weighted by molar-refractivity contribution is -0.159. The highest BCUT2D eigenvalue weighted by molar-refractivity contribution is 5.55. The number of hydrogen-bond donors (Lipinski definition) is 1. The zero-order valence-electron chi connectivity index (χ0n) is 9.38. The van der Waals surface area contributed by atoms with Crippen LogP contribution in [0, 0.1) is 0 Å². The summed E-state index contributed by atoms with van der Waals surface area (Å²) in [4.78, 5) is 2.20. The number of halogens is 2. The summed E-state index contributed by atoms with van der Waals surface area (Å²) >= 11 is 0. The summed E-state index contributed by atoms with van der Waals surface area (Å²) in [7, 11) is 0. The van der Waals surface area contributed by atoms with Crippen molar-refractivity contribution in [1.29, 1.82) is 0 Å². The minimum atomic E-state index is -3.04. The van der Waals surface area contributed by atoms with Gasteiger partial charge in [-0.05, 0) is 18.2 Å². The molecule has 2 heterocycles.